The number of rotatable bonds is 4. The van der Waals surface area contributed by atoms with Crippen molar-refractivity contribution in [1.82, 2.24) is 10.3 Å². The number of hydrogen-bond acceptors (Lipinski definition) is 5. The van der Waals surface area contributed by atoms with E-state index in [1.165, 1.54) is 6.42 Å². The highest BCUT2D eigenvalue weighted by molar-refractivity contribution is 5.86. The van der Waals surface area contributed by atoms with Crippen molar-refractivity contribution < 1.29 is 9.53 Å². The van der Waals surface area contributed by atoms with Crippen molar-refractivity contribution in [2.75, 3.05) is 31.2 Å². The Labute approximate surface area is 161 Å². The van der Waals surface area contributed by atoms with Crippen LogP contribution < -0.4 is 16.0 Å². The Morgan fingerprint density at radius 1 is 1.24 bits per heavy atom. The molecule has 6 nitrogen and oxygen atoms in total. The summed E-state index contributed by atoms with van der Waals surface area (Å²) in [6.45, 7) is 3.68. The van der Waals surface area contributed by atoms with Gasteiger partial charge in [-0.3, -0.25) is 4.79 Å². The summed E-state index contributed by atoms with van der Waals surface area (Å²) in [7, 11) is 0. The first-order chi connectivity index (χ1) is 11.2. The van der Waals surface area contributed by atoms with Gasteiger partial charge in [0.1, 0.15) is 5.82 Å². The van der Waals surface area contributed by atoms with Crippen LogP contribution in [-0.4, -0.2) is 42.7 Å². The Balaban J connectivity index is 0.00000156. The van der Waals surface area contributed by atoms with Crippen LogP contribution >= 0.6 is 24.8 Å². The molecule has 1 amide bonds. The van der Waals surface area contributed by atoms with Crippen molar-refractivity contribution in [1.29, 1.82) is 0 Å². The van der Waals surface area contributed by atoms with Crippen LogP contribution in [0.2, 0.25) is 0 Å². The molecular weight excluding hydrogens is 363 g/mol. The van der Waals surface area contributed by atoms with Gasteiger partial charge in [-0.2, -0.15) is 0 Å². The molecular formula is C17H28Cl2N4O2. The van der Waals surface area contributed by atoms with Gasteiger partial charge >= 0.3 is 0 Å². The normalized spacial score (nSPS) is 19.3. The molecule has 0 spiro atoms. The fourth-order valence-electron chi connectivity index (χ4n) is 3.30. The molecule has 2 aliphatic rings. The number of carbonyl (C=O) groups excluding carboxylic acids is 1. The number of nitrogens with one attached hydrogen (secondary N) is 1. The first-order valence-electron chi connectivity index (χ1n) is 8.52. The van der Waals surface area contributed by atoms with Gasteiger partial charge in [-0.05, 0) is 30.5 Å². The molecule has 25 heavy (non-hydrogen) atoms. The number of anilines is 1. The highest BCUT2D eigenvalue weighted by Crippen LogP contribution is 2.26. The van der Waals surface area contributed by atoms with Crippen LogP contribution in [0.1, 0.15) is 37.7 Å². The largest absolute Gasteiger partial charge is 0.378 e. The third-order valence-electron chi connectivity index (χ3n) is 4.80. The lowest BCUT2D eigenvalue weighted by molar-refractivity contribution is -0.127. The summed E-state index contributed by atoms with van der Waals surface area (Å²) in [4.78, 5) is 19.0. The van der Waals surface area contributed by atoms with Gasteiger partial charge in [-0.25, -0.2) is 4.98 Å². The van der Waals surface area contributed by atoms with E-state index in [0.29, 0.717) is 6.54 Å². The topological polar surface area (TPSA) is 80.5 Å². The van der Waals surface area contributed by atoms with Crippen LogP contribution in [0.5, 0.6) is 0 Å². The van der Waals surface area contributed by atoms with Crippen LogP contribution in [0.4, 0.5) is 5.82 Å². The van der Waals surface area contributed by atoms with Crippen molar-refractivity contribution in [3.8, 4) is 0 Å². The molecule has 1 aromatic rings. The fraction of sp³-hybridized carbons (Fsp3) is 0.647. The predicted octanol–water partition coefficient (Wildman–Crippen LogP) is 2.04. The van der Waals surface area contributed by atoms with E-state index in [1.807, 2.05) is 12.1 Å². The lowest BCUT2D eigenvalue weighted by Gasteiger charge is -2.32. The van der Waals surface area contributed by atoms with Crippen LogP contribution in [0.3, 0.4) is 0 Å². The summed E-state index contributed by atoms with van der Waals surface area (Å²) in [5, 5.41) is 3.00. The number of hydrogen-bond donors (Lipinski definition) is 2. The third-order valence-corrected chi connectivity index (χ3v) is 4.80. The molecule has 1 aliphatic heterocycles. The second kappa shape index (κ2) is 10.2. The zero-order valence-corrected chi connectivity index (χ0v) is 16.0. The molecule has 0 radical (unpaired) electrons. The lowest BCUT2D eigenvalue weighted by atomic mass is 9.82. The Bertz CT molecular complexity index is 547. The van der Waals surface area contributed by atoms with Gasteiger partial charge in [0, 0.05) is 25.8 Å². The molecule has 1 aliphatic carbocycles. The number of halogens is 2. The number of morpholine rings is 1. The van der Waals surface area contributed by atoms with Gasteiger partial charge in [0.25, 0.3) is 0 Å². The number of ether oxygens (including phenoxy) is 1. The number of nitrogens with two attached hydrogens (primary N) is 1. The van der Waals surface area contributed by atoms with Crippen LogP contribution in [0.15, 0.2) is 18.3 Å². The maximum atomic E-state index is 12.4. The maximum absolute atomic E-state index is 12.4. The highest BCUT2D eigenvalue weighted by Gasteiger charge is 2.34. The highest BCUT2D eigenvalue weighted by atomic mass is 35.5. The Hall–Kier alpha value is -1.08. The summed E-state index contributed by atoms with van der Waals surface area (Å²) >= 11 is 0. The van der Waals surface area contributed by atoms with E-state index in [-0.39, 0.29) is 30.7 Å². The molecule has 1 aromatic heterocycles. The molecule has 1 saturated carbocycles. The van der Waals surface area contributed by atoms with Crippen molar-refractivity contribution in [3.63, 3.8) is 0 Å². The second-order valence-electron chi connectivity index (χ2n) is 6.52. The molecule has 0 aromatic carbocycles. The number of pyridine rings is 1. The average Bonchev–Trinajstić information content (AvgIpc) is 2.61. The molecule has 0 bridgehead atoms. The third kappa shape index (κ3) is 5.71. The molecule has 2 fully saturated rings. The van der Waals surface area contributed by atoms with E-state index >= 15 is 0 Å². The molecule has 1 saturated heterocycles. The van der Waals surface area contributed by atoms with E-state index in [4.69, 9.17) is 10.5 Å². The first kappa shape index (κ1) is 22.0. The van der Waals surface area contributed by atoms with Gasteiger partial charge in [0.05, 0.1) is 18.8 Å². The van der Waals surface area contributed by atoms with Gasteiger partial charge < -0.3 is 20.7 Å². The molecule has 8 heteroatoms. The monoisotopic (exact) mass is 390 g/mol. The zero-order chi connectivity index (χ0) is 16.1. The van der Waals surface area contributed by atoms with E-state index < -0.39 is 5.54 Å². The summed E-state index contributed by atoms with van der Waals surface area (Å²) in [5.41, 5.74) is 6.64. The Morgan fingerprint density at radius 2 is 1.92 bits per heavy atom. The minimum atomic E-state index is -0.682. The molecule has 2 heterocycles. The SMILES string of the molecule is Cl.Cl.NC1(C(=O)NCc2ccnc(N3CCOCC3)c2)CCCCC1. The van der Waals surface area contributed by atoms with Gasteiger partial charge in [-0.15, -0.1) is 24.8 Å². The number of carbonyl (C=O) groups is 1. The van der Waals surface area contributed by atoms with E-state index in [0.717, 1.165) is 63.4 Å². The zero-order valence-electron chi connectivity index (χ0n) is 14.4. The number of aromatic nitrogens is 1. The average molecular weight is 391 g/mol. The Kier molecular flexibility index (Phi) is 8.93. The minimum absolute atomic E-state index is 0. The number of nitrogens with zero attached hydrogens (tertiary/aromatic N) is 2. The van der Waals surface area contributed by atoms with Crippen LogP contribution in [0, 0.1) is 0 Å². The molecule has 142 valence electrons. The van der Waals surface area contributed by atoms with Crippen molar-refractivity contribution >= 4 is 36.5 Å². The van der Waals surface area contributed by atoms with E-state index in [1.54, 1.807) is 6.20 Å². The van der Waals surface area contributed by atoms with Gasteiger partial charge in [-0.1, -0.05) is 19.3 Å². The Morgan fingerprint density at radius 3 is 2.60 bits per heavy atom. The quantitative estimate of drug-likeness (QED) is 0.821. The molecule has 0 unspecified atom stereocenters. The van der Waals surface area contributed by atoms with Crippen molar-refractivity contribution in [2.24, 2.45) is 5.73 Å². The summed E-state index contributed by atoms with van der Waals surface area (Å²) < 4.78 is 5.37. The predicted molar refractivity (Wildman–Crippen MR) is 104 cm³/mol. The molecule has 3 N–H and O–H groups in total. The lowest BCUT2D eigenvalue weighted by Crippen LogP contribution is -2.54. The standard InChI is InChI=1S/C17H26N4O2.2ClH/c18-17(5-2-1-3-6-17)16(22)20-13-14-4-7-19-15(12-14)21-8-10-23-11-9-21;;/h4,7,12H,1-3,5-6,8-11,13,18H2,(H,20,22);2*1H. The molecule has 3 rings (SSSR count). The van der Waals surface area contributed by atoms with Crippen molar-refractivity contribution in [2.45, 2.75) is 44.2 Å². The van der Waals surface area contributed by atoms with Crippen LogP contribution in [0.25, 0.3) is 0 Å². The van der Waals surface area contributed by atoms with Gasteiger partial charge in [0.15, 0.2) is 0 Å². The number of amides is 1. The first-order valence-corrected chi connectivity index (χ1v) is 8.52. The second-order valence-corrected chi connectivity index (χ2v) is 6.52. The van der Waals surface area contributed by atoms with E-state index in [2.05, 4.69) is 15.2 Å². The maximum Gasteiger partial charge on any atom is 0.240 e. The smallest absolute Gasteiger partial charge is 0.240 e. The fourth-order valence-corrected chi connectivity index (χ4v) is 3.30. The van der Waals surface area contributed by atoms with Crippen molar-refractivity contribution in [3.05, 3.63) is 23.9 Å². The molecule has 0 atom stereocenters. The van der Waals surface area contributed by atoms with E-state index in [9.17, 15) is 4.79 Å². The minimum Gasteiger partial charge on any atom is -0.378 e. The van der Waals surface area contributed by atoms with Gasteiger partial charge in [0.2, 0.25) is 5.91 Å². The summed E-state index contributed by atoms with van der Waals surface area (Å²) in [6, 6.07) is 3.98. The summed E-state index contributed by atoms with van der Waals surface area (Å²) in [5.74, 6) is 0.919. The summed E-state index contributed by atoms with van der Waals surface area (Å²) in [6.07, 6.45) is 6.63. The van der Waals surface area contributed by atoms with Crippen LogP contribution in [-0.2, 0) is 16.1 Å².